The third-order valence-corrected chi connectivity index (χ3v) is 9.05. The van der Waals surface area contributed by atoms with Crippen LogP contribution in [0.1, 0.15) is 44.9 Å². The fourth-order valence-corrected chi connectivity index (χ4v) is 5.62. The minimum atomic E-state index is -1.25. The summed E-state index contributed by atoms with van der Waals surface area (Å²) < 4.78 is 37.9. The zero-order chi connectivity index (χ0) is 46.9. The van der Waals surface area contributed by atoms with Gasteiger partial charge in [-0.3, -0.25) is 33.6 Å². The smallest absolute Gasteiger partial charge is 0.336 e. The Kier molecular flexibility index (Phi) is 33.9. The summed E-state index contributed by atoms with van der Waals surface area (Å²) in [6, 6.07) is 0. The Balaban J connectivity index is 0.00000121. The summed E-state index contributed by atoms with van der Waals surface area (Å²) in [5, 5.41) is 0. The lowest BCUT2D eigenvalue weighted by Gasteiger charge is -2.31. The van der Waals surface area contributed by atoms with Crippen LogP contribution in [0.25, 0.3) is 0 Å². The second-order valence-corrected chi connectivity index (χ2v) is 15.6. The third kappa shape index (κ3) is 25.4. The molecule has 0 aromatic carbocycles. The van der Waals surface area contributed by atoms with Crippen molar-refractivity contribution in [1.82, 2.24) is 13.7 Å². The number of thiol groups is 7. The molecule has 0 N–H and O–H groups in total. The van der Waals surface area contributed by atoms with Gasteiger partial charge in [-0.1, -0.05) is 0 Å². The predicted molar refractivity (Wildman–Crippen MR) is 248 cm³/mol. The SMILES string of the molecule is O=C(CCS)OCC(COC(=O)CCS)(COC(=O)CCS)COC(=O)CCS.O=C(CCS)OCCn1c(=O)n(CCOC(=O)CCS)c(=O)n(CCOC(=O)CCS)c1=O. The van der Waals surface area contributed by atoms with Crippen LogP contribution in [-0.4, -0.2) is 142 Å². The molecule has 0 saturated heterocycles. The number of aromatic nitrogens is 3. The van der Waals surface area contributed by atoms with Gasteiger partial charge in [0.2, 0.25) is 0 Å². The first-order chi connectivity index (χ1) is 29.6. The zero-order valence-corrected chi connectivity index (χ0v) is 40.1. The monoisotopic (exact) mass is 1010 g/mol. The highest BCUT2D eigenvalue weighted by molar-refractivity contribution is 7.81. The van der Waals surface area contributed by atoms with Gasteiger partial charge in [-0.2, -0.15) is 88.4 Å². The van der Waals surface area contributed by atoms with E-state index in [0.29, 0.717) is 0 Å². The average Bonchev–Trinajstić information content (AvgIpc) is 3.22. The second kappa shape index (κ2) is 35.5. The molecule has 0 unspecified atom stereocenters. The summed E-state index contributed by atoms with van der Waals surface area (Å²) >= 11 is 27.6. The number of hydrogen-bond acceptors (Lipinski definition) is 24. The fourth-order valence-electron chi connectivity index (χ4n) is 4.34. The molecule has 0 atom stereocenters. The molecule has 27 heteroatoms. The molecule has 354 valence electrons. The topological polar surface area (TPSA) is 250 Å². The summed E-state index contributed by atoms with van der Waals surface area (Å²) in [5.41, 5.74) is -4.12. The highest BCUT2D eigenvalue weighted by Gasteiger charge is 2.38. The van der Waals surface area contributed by atoms with Crippen LogP contribution >= 0.6 is 88.4 Å². The maximum atomic E-state index is 12.7. The number of carbonyl (C=O) groups excluding carboxylic acids is 7. The molecular formula is C35H55N3O17S7. The third-order valence-electron chi connectivity index (χ3n) is 7.49. The molecule has 1 heterocycles. The average molecular weight is 1010 g/mol. The van der Waals surface area contributed by atoms with Gasteiger partial charge in [0.1, 0.15) is 51.7 Å². The molecule has 1 rings (SSSR count). The van der Waals surface area contributed by atoms with E-state index in [1.54, 1.807) is 0 Å². The number of rotatable bonds is 31. The Morgan fingerprint density at radius 3 is 0.694 bits per heavy atom. The molecule has 1 aromatic rings. The lowest BCUT2D eigenvalue weighted by molar-refractivity contribution is -0.170. The summed E-state index contributed by atoms with van der Waals surface area (Å²) in [6.07, 6.45) is 0.426. The van der Waals surface area contributed by atoms with Gasteiger partial charge in [0.05, 0.1) is 64.6 Å². The standard InChI is InChI=1S/C18H27N3O9S3.C17H28O8S4/c22-13(1-10-31)28-7-4-19-16(25)20(5-8-29-14(23)2-11-32)18(27)21(17(19)26)6-9-30-15(24)3-12-33;18-13(1-5-26)22-9-17(10-23-14(19)2-6-27,11-24-15(20)3-7-28)12-25-16(21)4-8-29/h31-33H,1-12H2;26-29H,1-12H2. The van der Waals surface area contributed by atoms with Crippen molar-refractivity contribution >= 4 is 130 Å². The van der Waals surface area contributed by atoms with Crippen molar-refractivity contribution in [1.29, 1.82) is 0 Å². The van der Waals surface area contributed by atoms with Gasteiger partial charge in [0, 0.05) is 40.3 Å². The minimum absolute atomic E-state index is 0.0526. The Bertz CT molecular complexity index is 1510. The zero-order valence-electron chi connectivity index (χ0n) is 33.9. The van der Waals surface area contributed by atoms with E-state index in [1.165, 1.54) is 0 Å². The van der Waals surface area contributed by atoms with Crippen molar-refractivity contribution in [3.63, 3.8) is 0 Å². The van der Waals surface area contributed by atoms with Crippen LogP contribution in [0.3, 0.4) is 0 Å². The van der Waals surface area contributed by atoms with Crippen LogP contribution in [0.5, 0.6) is 0 Å². The van der Waals surface area contributed by atoms with E-state index in [9.17, 15) is 47.9 Å². The van der Waals surface area contributed by atoms with Crippen LogP contribution in [0.4, 0.5) is 0 Å². The van der Waals surface area contributed by atoms with Crippen molar-refractivity contribution in [3.8, 4) is 0 Å². The molecule has 0 aliphatic carbocycles. The van der Waals surface area contributed by atoms with Crippen LogP contribution in [-0.2, 0) is 86.4 Å². The summed E-state index contributed by atoms with van der Waals surface area (Å²) in [5.74, 6) is -1.83. The Labute approximate surface area is 396 Å². The van der Waals surface area contributed by atoms with Crippen molar-refractivity contribution in [2.45, 2.75) is 64.6 Å². The van der Waals surface area contributed by atoms with Crippen molar-refractivity contribution in [2.24, 2.45) is 5.41 Å². The number of nitrogens with zero attached hydrogens (tertiary/aromatic N) is 3. The van der Waals surface area contributed by atoms with E-state index >= 15 is 0 Å². The first kappa shape index (κ1) is 59.1. The number of hydrogen-bond donors (Lipinski definition) is 7. The Morgan fingerprint density at radius 2 is 0.516 bits per heavy atom. The van der Waals surface area contributed by atoms with Crippen molar-refractivity contribution in [3.05, 3.63) is 31.5 Å². The van der Waals surface area contributed by atoms with Gasteiger partial charge in [-0.05, 0) is 0 Å². The highest BCUT2D eigenvalue weighted by atomic mass is 32.1. The van der Waals surface area contributed by atoms with Crippen molar-refractivity contribution in [2.75, 3.05) is 86.5 Å². The number of esters is 7. The van der Waals surface area contributed by atoms with Gasteiger partial charge < -0.3 is 33.2 Å². The first-order valence-electron chi connectivity index (χ1n) is 18.9. The molecule has 62 heavy (non-hydrogen) atoms. The molecule has 0 aliphatic heterocycles. The van der Waals surface area contributed by atoms with Crippen LogP contribution < -0.4 is 17.1 Å². The molecule has 20 nitrogen and oxygen atoms in total. The van der Waals surface area contributed by atoms with E-state index in [2.05, 4.69) is 88.4 Å². The van der Waals surface area contributed by atoms with E-state index in [1.807, 2.05) is 0 Å². The highest BCUT2D eigenvalue weighted by Crippen LogP contribution is 2.22. The van der Waals surface area contributed by atoms with Gasteiger partial charge in [0.15, 0.2) is 0 Å². The second-order valence-electron chi connectivity index (χ2n) is 12.4. The van der Waals surface area contributed by atoms with Crippen LogP contribution in [0.15, 0.2) is 14.4 Å². The summed E-state index contributed by atoms with van der Waals surface area (Å²) in [7, 11) is 0. The Hall–Kier alpha value is -2.85. The van der Waals surface area contributed by atoms with Crippen molar-refractivity contribution < 1.29 is 66.7 Å². The maximum Gasteiger partial charge on any atom is 0.336 e. The molecule has 0 spiro atoms. The number of carbonyl (C=O) groups is 7. The molecule has 1 aromatic heterocycles. The lowest BCUT2D eigenvalue weighted by atomic mass is 9.92. The minimum Gasteiger partial charge on any atom is -0.465 e. The first-order valence-corrected chi connectivity index (χ1v) is 23.3. The van der Waals surface area contributed by atoms with Gasteiger partial charge in [-0.15, -0.1) is 0 Å². The molecule has 0 saturated carbocycles. The lowest BCUT2D eigenvalue weighted by Crippen LogP contribution is -2.55. The molecule has 0 aliphatic rings. The van der Waals surface area contributed by atoms with E-state index in [-0.39, 0.29) is 151 Å². The molecular weight excluding hydrogens is 959 g/mol. The fraction of sp³-hybridized carbons (Fsp3) is 0.714. The quantitative estimate of drug-likeness (QED) is 0.0298. The van der Waals surface area contributed by atoms with Gasteiger partial charge >= 0.3 is 58.9 Å². The largest absolute Gasteiger partial charge is 0.465 e. The van der Waals surface area contributed by atoms with Gasteiger partial charge in [0.25, 0.3) is 0 Å². The van der Waals surface area contributed by atoms with Crippen LogP contribution in [0, 0.1) is 5.41 Å². The van der Waals surface area contributed by atoms with Gasteiger partial charge in [-0.25, -0.2) is 28.1 Å². The molecule has 0 bridgehead atoms. The predicted octanol–water partition coefficient (Wildman–Crippen LogP) is 0.186. The molecule has 0 amide bonds. The van der Waals surface area contributed by atoms with Crippen LogP contribution in [0.2, 0.25) is 0 Å². The van der Waals surface area contributed by atoms with E-state index in [0.717, 1.165) is 13.7 Å². The normalized spacial score (nSPS) is 10.8. The molecule has 0 radical (unpaired) electrons. The van der Waals surface area contributed by atoms with E-state index < -0.39 is 64.3 Å². The van der Waals surface area contributed by atoms with E-state index in [4.69, 9.17) is 33.2 Å². The molecule has 0 fully saturated rings. The Morgan fingerprint density at radius 1 is 0.339 bits per heavy atom. The number of ether oxygens (including phenoxy) is 7. The summed E-state index contributed by atoms with van der Waals surface area (Å²) in [6.45, 7) is -2.91. The summed E-state index contributed by atoms with van der Waals surface area (Å²) in [4.78, 5) is 120. The maximum absolute atomic E-state index is 12.7.